The van der Waals surface area contributed by atoms with Crippen LogP contribution in [0.4, 0.5) is 0 Å². The lowest BCUT2D eigenvalue weighted by atomic mass is 10.2. The topological polar surface area (TPSA) is 21.3 Å². The smallest absolute Gasteiger partial charge is 0.0653 e. The number of hydrogen-bond acceptors (Lipinski definition) is 2. The molecule has 1 rings (SSSR count). The molecule has 66 valence electrons. The van der Waals surface area contributed by atoms with Gasteiger partial charge in [-0.15, -0.1) is 0 Å². The number of hydrogen-bond donors (Lipinski definition) is 1. The summed E-state index contributed by atoms with van der Waals surface area (Å²) in [4.78, 5) is 5.01. The van der Waals surface area contributed by atoms with Crippen LogP contribution >= 0.6 is 0 Å². The fourth-order valence-electron chi connectivity index (χ4n) is 1.01. The van der Waals surface area contributed by atoms with Gasteiger partial charge in [0.1, 0.15) is 0 Å². The second kappa shape index (κ2) is 5.75. The van der Waals surface area contributed by atoms with Crippen molar-refractivity contribution in [1.29, 1.82) is 0 Å². The van der Waals surface area contributed by atoms with E-state index in [1.54, 1.807) is 0 Å². The van der Waals surface area contributed by atoms with Gasteiger partial charge in [0.2, 0.25) is 0 Å². The van der Waals surface area contributed by atoms with Crippen LogP contribution in [0.1, 0.15) is 12.5 Å². The van der Waals surface area contributed by atoms with Gasteiger partial charge in [-0.05, 0) is 18.9 Å². The molecule has 0 amide bonds. The van der Waals surface area contributed by atoms with Crippen LogP contribution in [-0.4, -0.2) is 13.2 Å². The number of benzene rings is 1. The minimum Gasteiger partial charge on any atom is -0.302 e. The molecule has 1 aromatic carbocycles. The Morgan fingerprint density at radius 1 is 1.25 bits per heavy atom. The number of hydroxylamine groups is 1. The third kappa shape index (κ3) is 3.51. The normalized spacial score (nSPS) is 10.1. The Morgan fingerprint density at radius 3 is 2.67 bits per heavy atom. The second-order valence-corrected chi connectivity index (χ2v) is 2.56. The molecule has 0 aliphatic carbocycles. The highest BCUT2D eigenvalue weighted by atomic mass is 16.6. The maximum absolute atomic E-state index is 5.01. The molecule has 0 saturated heterocycles. The summed E-state index contributed by atoms with van der Waals surface area (Å²) in [6, 6.07) is 10.4. The molecule has 1 aromatic rings. The van der Waals surface area contributed by atoms with Gasteiger partial charge in [0.25, 0.3) is 0 Å². The molecule has 2 nitrogen and oxygen atoms in total. The zero-order valence-electron chi connectivity index (χ0n) is 7.42. The summed E-state index contributed by atoms with van der Waals surface area (Å²) in [6.07, 6.45) is 1.01. The summed E-state index contributed by atoms with van der Waals surface area (Å²) in [5.41, 5.74) is 4.22. The monoisotopic (exact) mass is 165 g/mol. The van der Waals surface area contributed by atoms with Crippen molar-refractivity contribution in [2.75, 3.05) is 13.2 Å². The zero-order valence-corrected chi connectivity index (χ0v) is 7.42. The molecular weight excluding hydrogens is 150 g/mol. The lowest BCUT2D eigenvalue weighted by Gasteiger charge is -2.02. The zero-order chi connectivity index (χ0) is 8.65. The SMILES string of the molecule is CCONCCc1ccccc1. The third-order valence-electron chi connectivity index (χ3n) is 1.60. The summed E-state index contributed by atoms with van der Waals surface area (Å²) in [5, 5.41) is 0. The van der Waals surface area contributed by atoms with Gasteiger partial charge in [0, 0.05) is 6.54 Å². The first-order valence-corrected chi connectivity index (χ1v) is 4.32. The van der Waals surface area contributed by atoms with Crippen LogP contribution in [-0.2, 0) is 11.3 Å². The van der Waals surface area contributed by atoms with E-state index in [0.717, 1.165) is 19.6 Å². The van der Waals surface area contributed by atoms with E-state index < -0.39 is 0 Å². The molecule has 0 saturated carbocycles. The molecule has 0 aliphatic heterocycles. The Kier molecular flexibility index (Phi) is 4.42. The van der Waals surface area contributed by atoms with Gasteiger partial charge < -0.3 is 4.84 Å². The molecule has 0 heterocycles. The Bertz CT molecular complexity index is 198. The first kappa shape index (κ1) is 9.23. The highest BCUT2D eigenvalue weighted by Crippen LogP contribution is 1.97. The largest absolute Gasteiger partial charge is 0.302 e. The van der Waals surface area contributed by atoms with Gasteiger partial charge in [0.15, 0.2) is 0 Å². The molecule has 0 bridgehead atoms. The standard InChI is InChI=1S/C10H15NO/c1-2-12-11-9-8-10-6-4-3-5-7-10/h3-7,11H,2,8-9H2,1H3. The molecule has 2 heteroatoms. The van der Waals surface area contributed by atoms with Crippen LogP contribution in [0.15, 0.2) is 30.3 Å². The van der Waals surface area contributed by atoms with Gasteiger partial charge in [-0.2, -0.15) is 0 Å². The molecule has 0 fully saturated rings. The van der Waals surface area contributed by atoms with Crippen molar-refractivity contribution in [1.82, 2.24) is 5.48 Å². The van der Waals surface area contributed by atoms with Crippen molar-refractivity contribution >= 4 is 0 Å². The molecule has 0 radical (unpaired) electrons. The van der Waals surface area contributed by atoms with Gasteiger partial charge in [-0.3, -0.25) is 0 Å². The van der Waals surface area contributed by atoms with Crippen LogP contribution in [0.3, 0.4) is 0 Å². The van der Waals surface area contributed by atoms with E-state index in [-0.39, 0.29) is 0 Å². The first-order chi connectivity index (χ1) is 5.93. The quantitative estimate of drug-likeness (QED) is 0.530. The fraction of sp³-hybridized carbons (Fsp3) is 0.400. The maximum Gasteiger partial charge on any atom is 0.0653 e. The average molecular weight is 165 g/mol. The van der Waals surface area contributed by atoms with Crippen molar-refractivity contribution < 1.29 is 4.84 Å². The van der Waals surface area contributed by atoms with E-state index in [1.807, 2.05) is 13.0 Å². The summed E-state index contributed by atoms with van der Waals surface area (Å²) >= 11 is 0. The second-order valence-electron chi connectivity index (χ2n) is 2.56. The van der Waals surface area contributed by atoms with E-state index in [2.05, 4.69) is 29.7 Å². The molecule has 0 atom stereocenters. The van der Waals surface area contributed by atoms with Crippen LogP contribution < -0.4 is 5.48 Å². The Morgan fingerprint density at radius 2 is 2.00 bits per heavy atom. The molecule has 0 aromatic heterocycles. The van der Waals surface area contributed by atoms with Crippen LogP contribution in [0.5, 0.6) is 0 Å². The van der Waals surface area contributed by atoms with Crippen LogP contribution in [0, 0.1) is 0 Å². The number of nitrogens with one attached hydrogen (secondary N) is 1. The lowest BCUT2D eigenvalue weighted by molar-refractivity contribution is 0.0519. The third-order valence-corrected chi connectivity index (χ3v) is 1.60. The highest BCUT2D eigenvalue weighted by Gasteiger charge is 1.89. The van der Waals surface area contributed by atoms with Crippen molar-refractivity contribution in [3.05, 3.63) is 35.9 Å². The van der Waals surface area contributed by atoms with Crippen molar-refractivity contribution in [3.63, 3.8) is 0 Å². The van der Waals surface area contributed by atoms with E-state index in [0.29, 0.717) is 0 Å². The minimum absolute atomic E-state index is 0.717. The molecule has 0 spiro atoms. The average Bonchev–Trinajstić information content (AvgIpc) is 2.14. The summed E-state index contributed by atoms with van der Waals surface area (Å²) in [7, 11) is 0. The summed E-state index contributed by atoms with van der Waals surface area (Å²) in [6.45, 7) is 3.56. The molecule has 1 N–H and O–H groups in total. The predicted molar refractivity (Wildman–Crippen MR) is 49.8 cm³/mol. The van der Waals surface area contributed by atoms with Gasteiger partial charge in [-0.1, -0.05) is 30.3 Å². The van der Waals surface area contributed by atoms with E-state index in [9.17, 15) is 0 Å². The molecule has 0 aliphatic rings. The predicted octanol–water partition coefficient (Wildman–Crippen LogP) is 1.77. The highest BCUT2D eigenvalue weighted by molar-refractivity contribution is 5.14. The summed E-state index contributed by atoms with van der Waals surface area (Å²) in [5.74, 6) is 0. The maximum atomic E-state index is 5.01. The fourth-order valence-corrected chi connectivity index (χ4v) is 1.01. The molecular formula is C10H15NO. The lowest BCUT2D eigenvalue weighted by Crippen LogP contribution is -2.17. The van der Waals surface area contributed by atoms with Gasteiger partial charge >= 0.3 is 0 Å². The van der Waals surface area contributed by atoms with Crippen molar-refractivity contribution in [2.24, 2.45) is 0 Å². The molecule has 12 heavy (non-hydrogen) atoms. The van der Waals surface area contributed by atoms with E-state index >= 15 is 0 Å². The van der Waals surface area contributed by atoms with Crippen molar-refractivity contribution in [2.45, 2.75) is 13.3 Å². The van der Waals surface area contributed by atoms with Gasteiger partial charge in [0.05, 0.1) is 6.61 Å². The Hall–Kier alpha value is -0.860. The van der Waals surface area contributed by atoms with Crippen LogP contribution in [0.25, 0.3) is 0 Å². The van der Waals surface area contributed by atoms with Gasteiger partial charge in [-0.25, -0.2) is 5.48 Å². The van der Waals surface area contributed by atoms with E-state index in [1.165, 1.54) is 5.56 Å². The van der Waals surface area contributed by atoms with Crippen molar-refractivity contribution in [3.8, 4) is 0 Å². The molecule has 0 unspecified atom stereocenters. The number of rotatable bonds is 5. The Labute approximate surface area is 73.5 Å². The van der Waals surface area contributed by atoms with Crippen LogP contribution in [0.2, 0.25) is 0 Å². The Balaban J connectivity index is 2.16. The summed E-state index contributed by atoms with van der Waals surface area (Å²) < 4.78 is 0. The first-order valence-electron chi connectivity index (χ1n) is 4.32. The minimum atomic E-state index is 0.717. The van der Waals surface area contributed by atoms with E-state index in [4.69, 9.17) is 4.84 Å².